The number of rotatable bonds is 3. The van der Waals surface area contributed by atoms with Crippen LogP contribution in [0.2, 0.25) is 0 Å². The van der Waals surface area contributed by atoms with Crippen molar-refractivity contribution in [2.45, 2.75) is 26.7 Å². The molecular weight excluding hydrogens is 238 g/mol. The number of nitrogens with two attached hydrogens (primary N) is 1. The van der Waals surface area contributed by atoms with E-state index in [0.29, 0.717) is 12.1 Å². The van der Waals surface area contributed by atoms with Crippen LogP contribution in [0.5, 0.6) is 0 Å². The summed E-state index contributed by atoms with van der Waals surface area (Å²) in [6.07, 6.45) is 1.42. The number of aromatic nitrogens is 3. The zero-order valence-corrected chi connectivity index (χ0v) is 10.2. The van der Waals surface area contributed by atoms with E-state index in [1.807, 2.05) is 6.92 Å². The van der Waals surface area contributed by atoms with Gasteiger partial charge in [0.1, 0.15) is 17.3 Å². The minimum absolute atomic E-state index is 0.0331. The van der Waals surface area contributed by atoms with Crippen LogP contribution in [0.15, 0.2) is 12.1 Å². The molecule has 2 N–H and O–H groups in total. The Labute approximate surface area is 103 Å². The Morgan fingerprint density at radius 1 is 1.28 bits per heavy atom. The van der Waals surface area contributed by atoms with E-state index >= 15 is 0 Å². The summed E-state index contributed by atoms with van der Waals surface area (Å²) in [4.78, 5) is 0. The molecule has 0 aliphatic heterocycles. The molecule has 4 nitrogen and oxygen atoms in total. The van der Waals surface area contributed by atoms with Gasteiger partial charge in [0.05, 0.1) is 5.69 Å². The molecule has 0 aliphatic carbocycles. The molecule has 2 aromatic rings. The Balaban J connectivity index is 2.58. The van der Waals surface area contributed by atoms with Crippen molar-refractivity contribution in [1.82, 2.24) is 15.0 Å². The van der Waals surface area contributed by atoms with Gasteiger partial charge in [-0.3, -0.25) is 0 Å². The van der Waals surface area contributed by atoms with Crippen LogP contribution in [0.4, 0.5) is 14.6 Å². The van der Waals surface area contributed by atoms with Crippen molar-refractivity contribution in [3.63, 3.8) is 0 Å². The predicted molar refractivity (Wildman–Crippen MR) is 64.4 cm³/mol. The number of halogens is 2. The highest BCUT2D eigenvalue weighted by atomic mass is 19.1. The summed E-state index contributed by atoms with van der Waals surface area (Å²) in [5.41, 5.74) is 6.55. The highest BCUT2D eigenvalue weighted by Crippen LogP contribution is 2.21. The Kier molecular flexibility index (Phi) is 3.27. The van der Waals surface area contributed by atoms with Crippen LogP contribution < -0.4 is 5.73 Å². The molecular formula is C12H14F2N4. The second-order valence-corrected chi connectivity index (χ2v) is 4.14. The van der Waals surface area contributed by atoms with E-state index in [1.54, 1.807) is 0 Å². The second kappa shape index (κ2) is 4.72. The van der Waals surface area contributed by atoms with Crippen molar-refractivity contribution in [2.75, 3.05) is 5.73 Å². The Hall–Kier alpha value is -1.98. The molecule has 0 unspecified atom stereocenters. The number of nitrogens with zero attached hydrogens (tertiary/aromatic N) is 3. The first-order valence-electron chi connectivity index (χ1n) is 5.70. The molecule has 6 heteroatoms. The number of anilines is 1. The van der Waals surface area contributed by atoms with Crippen LogP contribution in [0.25, 0.3) is 5.69 Å². The van der Waals surface area contributed by atoms with E-state index in [1.165, 1.54) is 11.6 Å². The Morgan fingerprint density at radius 3 is 2.67 bits per heavy atom. The lowest BCUT2D eigenvalue weighted by Gasteiger charge is -2.08. The minimum atomic E-state index is -0.545. The molecule has 2 rings (SSSR count). The normalized spacial score (nSPS) is 10.9. The average Bonchev–Trinajstić information content (AvgIpc) is 2.67. The fourth-order valence-corrected chi connectivity index (χ4v) is 1.78. The molecule has 18 heavy (non-hydrogen) atoms. The summed E-state index contributed by atoms with van der Waals surface area (Å²) < 4.78 is 28.6. The number of hydrogen-bond acceptors (Lipinski definition) is 3. The van der Waals surface area contributed by atoms with Gasteiger partial charge in [0.15, 0.2) is 5.82 Å². The first-order chi connectivity index (χ1) is 8.54. The van der Waals surface area contributed by atoms with Crippen molar-refractivity contribution in [2.24, 2.45) is 0 Å². The third-order valence-corrected chi connectivity index (χ3v) is 2.74. The Bertz CT molecular complexity index is 578. The van der Waals surface area contributed by atoms with E-state index in [4.69, 9.17) is 5.73 Å². The molecule has 0 amide bonds. The lowest BCUT2D eigenvalue weighted by atomic mass is 10.2. The van der Waals surface area contributed by atoms with Crippen molar-refractivity contribution in [3.8, 4) is 5.69 Å². The molecule has 96 valence electrons. The molecule has 1 heterocycles. The van der Waals surface area contributed by atoms with Gasteiger partial charge in [0.25, 0.3) is 0 Å². The molecule has 0 radical (unpaired) electrons. The van der Waals surface area contributed by atoms with Crippen LogP contribution in [-0.4, -0.2) is 15.0 Å². The van der Waals surface area contributed by atoms with Crippen molar-refractivity contribution in [1.29, 1.82) is 0 Å². The lowest BCUT2D eigenvalue weighted by molar-refractivity contribution is 0.574. The number of aryl methyl sites for hydroxylation is 1. The monoisotopic (exact) mass is 252 g/mol. The van der Waals surface area contributed by atoms with Gasteiger partial charge in [0, 0.05) is 6.07 Å². The van der Waals surface area contributed by atoms with Gasteiger partial charge >= 0.3 is 0 Å². The Morgan fingerprint density at radius 2 is 2.00 bits per heavy atom. The average molecular weight is 252 g/mol. The molecule has 0 saturated carbocycles. The molecule has 0 aliphatic rings. The van der Waals surface area contributed by atoms with Gasteiger partial charge in [-0.25, -0.2) is 13.5 Å². The smallest absolute Gasteiger partial charge is 0.169 e. The molecule has 0 spiro atoms. The van der Waals surface area contributed by atoms with Crippen LogP contribution in [0, 0.1) is 18.6 Å². The summed E-state index contributed by atoms with van der Waals surface area (Å²) in [7, 11) is 0. The maximum Gasteiger partial charge on any atom is 0.169 e. The molecule has 0 saturated heterocycles. The molecule has 1 aromatic carbocycles. The van der Waals surface area contributed by atoms with Gasteiger partial charge in [-0.2, -0.15) is 0 Å². The van der Waals surface area contributed by atoms with Gasteiger partial charge in [-0.15, -0.1) is 5.10 Å². The molecule has 1 aromatic heterocycles. The van der Waals surface area contributed by atoms with E-state index in [-0.39, 0.29) is 17.1 Å². The summed E-state index contributed by atoms with van der Waals surface area (Å²) in [6.45, 7) is 3.47. The van der Waals surface area contributed by atoms with Crippen LogP contribution >= 0.6 is 0 Å². The first kappa shape index (κ1) is 12.5. The highest BCUT2D eigenvalue weighted by Gasteiger charge is 2.16. The lowest BCUT2D eigenvalue weighted by Crippen LogP contribution is -2.07. The van der Waals surface area contributed by atoms with Crippen molar-refractivity contribution in [3.05, 3.63) is 35.0 Å². The van der Waals surface area contributed by atoms with Gasteiger partial charge in [0.2, 0.25) is 0 Å². The van der Waals surface area contributed by atoms with Gasteiger partial charge in [-0.05, 0) is 25.0 Å². The summed E-state index contributed by atoms with van der Waals surface area (Å²) in [5.74, 6) is -0.781. The summed E-state index contributed by atoms with van der Waals surface area (Å²) in [5, 5.41) is 7.48. The molecule has 0 atom stereocenters. The SMILES string of the molecule is CCCc1c(N)nnn1-c1cc(F)c(C)cc1F. The maximum atomic E-state index is 13.8. The minimum Gasteiger partial charge on any atom is -0.381 e. The van der Waals surface area contributed by atoms with E-state index < -0.39 is 11.6 Å². The maximum absolute atomic E-state index is 13.8. The molecule has 0 bridgehead atoms. The molecule has 0 fully saturated rings. The predicted octanol–water partition coefficient (Wildman–Crippen LogP) is 2.39. The largest absolute Gasteiger partial charge is 0.381 e. The first-order valence-corrected chi connectivity index (χ1v) is 5.70. The van der Waals surface area contributed by atoms with Crippen LogP contribution in [0.3, 0.4) is 0 Å². The fourth-order valence-electron chi connectivity index (χ4n) is 1.78. The van der Waals surface area contributed by atoms with Crippen molar-refractivity contribution >= 4 is 5.82 Å². The third kappa shape index (κ3) is 2.05. The van der Waals surface area contributed by atoms with E-state index in [0.717, 1.165) is 18.6 Å². The standard InChI is InChI=1S/C12H14F2N4/c1-3-4-10-12(15)16-17-18(10)11-6-8(13)7(2)5-9(11)14/h5-6H,3-4,15H2,1-2H3. The number of benzene rings is 1. The third-order valence-electron chi connectivity index (χ3n) is 2.74. The van der Waals surface area contributed by atoms with Crippen molar-refractivity contribution < 1.29 is 8.78 Å². The van der Waals surface area contributed by atoms with E-state index in [2.05, 4.69) is 10.3 Å². The fraction of sp³-hybridized carbons (Fsp3) is 0.333. The zero-order chi connectivity index (χ0) is 13.3. The summed E-state index contributed by atoms with van der Waals surface area (Å²) in [6, 6.07) is 2.25. The van der Waals surface area contributed by atoms with Gasteiger partial charge < -0.3 is 5.73 Å². The quantitative estimate of drug-likeness (QED) is 0.912. The van der Waals surface area contributed by atoms with E-state index in [9.17, 15) is 8.78 Å². The zero-order valence-electron chi connectivity index (χ0n) is 10.2. The van der Waals surface area contributed by atoms with Crippen LogP contribution in [-0.2, 0) is 6.42 Å². The summed E-state index contributed by atoms with van der Waals surface area (Å²) >= 11 is 0. The van der Waals surface area contributed by atoms with Gasteiger partial charge in [-0.1, -0.05) is 18.6 Å². The topological polar surface area (TPSA) is 56.7 Å². The number of nitrogen functional groups attached to an aromatic ring is 1. The second-order valence-electron chi connectivity index (χ2n) is 4.14. The number of hydrogen-bond donors (Lipinski definition) is 1. The highest BCUT2D eigenvalue weighted by molar-refractivity contribution is 5.43. The van der Waals surface area contributed by atoms with Crippen LogP contribution in [0.1, 0.15) is 24.6 Å².